The number of esters is 4. The van der Waals surface area contributed by atoms with Crippen LogP contribution in [0, 0.1) is 11.8 Å². The molecule has 6 rings (SSSR count). The predicted octanol–water partition coefficient (Wildman–Crippen LogP) is 4.42. The summed E-state index contributed by atoms with van der Waals surface area (Å²) in [6.07, 6.45) is 0.382. The highest BCUT2D eigenvalue weighted by atomic mass is 16.6. The van der Waals surface area contributed by atoms with Crippen LogP contribution in [0.2, 0.25) is 0 Å². The summed E-state index contributed by atoms with van der Waals surface area (Å²) in [4.78, 5) is 51.7. The molecule has 4 aliphatic rings. The molecule has 250 valence electrons. The zero-order chi connectivity index (χ0) is 33.5. The van der Waals surface area contributed by atoms with Crippen molar-refractivity contribution < 1.29 is 52.7 Å². The van der Waals surface area contributed by atoms with E-state index in [2.05, 4.69) is 0 Å². The Morgan fingerprint density at radius 2 is 1.81 bits per heavy atom. The van der Waals surface area contributed by atoms with E-state index in [1.807, 2.05) is 26.0 Å². The number of methoxy groups -OCH3 is 1. The van der Waals surface area contributed by atoms with Crippen LogP contribution in [0.25, 0.3) is 0 Å². The van der Waals surface area contributed by atoms with Crippen LogP contribution >= 0.6 is 0 Å². The van der Waals surface area contributed by atoms with Crippen molar-refractivity contribution in [2.75, 3.05) is 13.7 Å². The second-order valence-electron chi connectivity index (χ2n) is 13.2. The zero-order valence-electron chi connectivity index (χ0n) is 27.0. The van der Waals surface area contributed by atoms with Crippen molar-refractivity contribution in [3.63, 3.8) is 0 Å². The van der Waals surface area contributed by atoms with E-state index >= 15 is 0 Å². The third-order valence-corrected chi connectivity index (χ3v) is 9.74. The lowest BCUT2D eigenvalue weighted by molar-refractivity contribution is -0.182. The van der Waals surface area contributed by atoms with Crippen LogP contribution < -0.4 is 9.47 Å². The van der Waals surface area contributed by atoms with Crippen molar-refractivity contribution in [1.29, 1.82) is 0 Å². The quantitative estimate of drug-likeness (QED) is 0.273. The van der Waals surface area contributed by atoms with Crippen molar-refractivity contribution >= 4 is 23.9 Å². The van der Waals surface area contributed by atoms with Gasteiger partial charge < -0.3 is 33.5 Å². The van der Waals surface area contributed by atoms with Crippen LogP contribution in [-0.2, 0) is 50.0 Å². The minimum absolute atomic E-state index is 0.00570. The molecule has 1 heterocycles. The van der Waals surface area contributed by atoms with E-state index in [0.29, 0.717) is 29.9 Å². The van der Waals surface area contributed by atoms with Gasteiger partial charge in [0.25, 0.3) is 0 Å². The molecule has 47 heavy (non-hydrogen) atoms. The Morgan fingerprint density at radius 3 is 2.51 bits per heavy atom. The molecule has 0 aromatic heterocycles. The van der Waals surface area contributed by atoms with Crippen molar-refractivity contribution in [1.82, 2.24) is 0 Å². The molecule has 11 heteroatoms. The average Bonchev–Trinajstić information content (AvgIpc) is 3.39. The Balaban J connectivity index is 1.29. The average molecular weight is 649 g/mol. The molecule has 6 atom stereocenters. The van der Waals surface area contributed by atoms with Gasteiger partial charge in [-0.2, -0.15) is 0 Å². The predicted molar refractivity (Wildman–Crippen MR) is 165 cm³/mol. The summed E-state index contributed by atoms with van der Waals surface area (Å²) < 4.78 is 34.2. The first-order valence-electron chi connectivity index (χ1n) is 16.1. The SMILES string of the molecule is COc1ccc2c3c1O[C@H]1C(OC(=O)[C@@H](OC(=O)[C@H](CC(=O)OCC(C)C)OC(C)=O)c4ccccc4)=CC[C@@]4(O)[C@H](CCC[C@]314)C2. The van der Waals surface area contributed by atoms with E-state index in [1.54, 1.807) is 43.5 Å². The van der Waals surface area contributed by atoms with Gasteiger partial charge in [-0.15, -0.1) is 0 Å². The Kier molecular flexibility index (Phi) is 8.78. The Labute approximate surface area is 273 Å². The fraction of sp³-hybridized carbons (Fsp3) is 0.500. The molecule has 0 unspecified atom stereocenters. The molecule has 1 N–H and O–H groups in total. The van der Waals surface area contributed by atoms with Gasteiger partial charge >= 0.3 is 23.9 Å². The van der Waals surface area contributed by atoms with Gasteiger partial charge in [-0.05, 0) is 55.2 Å². The normalized spacial score (nSPS) is 26.1. The van der Waals surface area contributed by atoms with E-state index in [1.165, 1.54) is 0 Å². The maximum atomic E-state index is 14.0. The van der Waals surface area contributed by atoms with Crippen LogP contribution in [0.1, 0.15) is 75.7 Å². The van der Waals surface area contributed by atoms with Crippen LogP contribution in [0.5, 0.6) is 11.5 Å². The molecular formula is C36H40O11. The third-order valence-electron chi connectivity index (χ3n) is 9.74. The minimum atomic E-state index is -1.64. The minimum Gasteiger partial charge on any atom is -0.493 e. The Morgan fingerprint density at radius 1 is 1.04 bits per heavy atom. The van der Waals surface area contributed by atoms with E-state index in [9.17, 15) is 24.3 Å². The topological polar surface area (TPSA) is 144 Å². The molecule has 1 aliphatic heterocycles. The second-order valence-corrected chi connectivity index (χ2v) is 13.2. The van der Waals surface area contributed by atoms with Gasteiger partial charge in [0.1, 0.15) is 5.76 Å². The largest absolute Gasteiger partial charge is 0.493 e. The van der Waals surface area contributed by atoms with Gasteiger partial charge in [-0.1, -0.05) is 56.7 Å². The summed E-state index contributed by atoms with van der Waals surface area (Å²) >= 11 is 0. The van der Waals surface area contributed by atoms with E-state index in [4.69, 9.17) is 28.4 Å². The van der Waals surface area contributed by atoms with Gasteiger partial charge in [0.2, 0.25) is 12.2 Å². The molecule has 0 amide bonds. The summed E-state index contributed by atoms with van der Waals surface area (Å²) in [5, 5.41) is 12.4. The molecule has 1 spiro atoms. The third kappa shape index (κ3) is 5.64. The number of carbonyl (C=O) groups excluding carboxylic acids is 4. The summed E-state index contributed by atoms with van der Waals surface area (Å²) in [6.45, 7) is 4.93. The summed E-state index contributed by atoms with van der Waals surface area (Å²) in [6, 6.07) is 12.1. The Bertz CT molecular complexity index is 1600. The molecule has 0 radical (unpaired) electrons. The van der Waals surface area contributed by atoms with Crippen LogP contribution in [-0.4, -0.2) is 60.5 Å². The molecule has 3 aliphatic carbocycles. The molecular weight excluding hydrogens is 608 g/mol. The van der Waals surface area contributed by atoms with Crippen LogP contribution in [0.15, 0.2) is 54.3 Å². The number of carbonyl (C=O) groups is 4. The fourth-order valence-corrected chi connectivity index (χ4v) is 7.77. The smallest absolute Gasteiger partial charge is 0.357 e. The lowest BCUT2D eigenvalue weighted by atomic mass is 9.47. The number of rotatable bonds is 11. The van der Waals surface area contributed by atoms with Crippen molar-refractivity contribution in [2.45, 2.75) is 88.6 Å². The lowest BCUT2D eigenvalue weighted by Crippen LogP contribution is -2.67. The number of aliphatic hydroxyl groups is 1. The highest BCUT2D eigenvalue weighted by molar-refractivity contribution is 5.87. The van der Waals surface area contributed by atoms with E-state index < -0.39 is 59.6 Å². The van der Waals surface area contributed by atoms with Gasteiger partial charge in [0.05, 0.1) is 31.2 Å². The molecule has 1 fully saturated rings. The summed E-state index contributed by atoms with van der Waals surface area (Å²) in [5.41, 5.74) is 0.332. The summed E-state index contributed by atoms with van der Waals surface area (Å²) in [7, 11) is 1.56. The number of hydrogen-bond acceptors (Lipinski definition) is 11. The molecule has 2 aromatic carbocycles. The highest BCUT2D eigenvalue weighted by Crippen LogP contribution is 2.67. The van der Waals surface area contributed by atoms with E-state index in [-0.39, 0.29) is 30.6 Å². The fourth-order valence-electron chi connectivity index (χ4n) is 7.77. The summed E-state index contributed by atoms with van der Waals surface area (Å²) in [5.74, 6) is -2.27. The van der Waals surface area contributed by atoms with Crippen LogP contribution in [0.3, 0.4) is 0 Å². The molecule has 11 nitrogen and oxygen atoms in total. The monoisotopic (exact) mass is 648 g/mol. The maximum Gasteiger partial charge on any atom is 0.357 e. The van der Waals surface area contributed by atoms with Crippen LogP contribution in [0.4, 0.5) is 0 Å². The maximum absolute atomic E-state index is 14.0. The molecule has 0 saturated heterocycles. The first-order valence-corrected chi connectivity index (χ1v) is 16.1. The van der Waals surface area contributed by atoms with Gasteiger partial charge in [0, 0.05) is 18.1 Å². The second kappa shape index (κ2) is 12.7. The van der Waals surface area contributed by atoms with Gasteiger partial charge in [-0.3, -0.25) is 9.59 Å². The van der Waals surface area contributed by atoms with Gasteiger partial charge in [-0.25, -0.2) is 9.59 Å². The van der Waals surface area contributed by atoms with Crippen molar-refractivity contribution in [3.8, 4) is 11.5 Å². The van der Waals surface area contributed by atoms with Crippen molar-refractivity contribution in [2.24, 2.45) is 11.8 Å². The van der Waals surface area contributed by atoms with E-state index in [0.717, 1.165) is 30.9 Å². The molecule has 1 saturated carbocycles. The first-order chi connectivity index (χ1) is 22.5. The molecule has 2 aromatic rings. The highest BCUT2D eigenvalue weighted by Gasteiger charge is 2.71. The molecule has 2 bridgehead atoms. The Hall–Kier alpha value is -4.38. The standard InChI is InChI=1S/C36H40O11/c1-20(2)19-43-28(38)18-27(44-21(3)37)33(39)47-30(22-9-6-5-7-10-22)34(40)45-26-14-16-36(41)24-11-8-15-35(36)29-23(17-24)12-13-25(42-4)31(29)46-32(26)35/h5-7,9-10,12-14,20,24,27,30,32,41H,8,11,15-19H2,1-4H3/t24-,27+,30+,32+,35+,36-/m1/s1. The van der Waals surface area contributed by atoms with Gasteiger partial charge in [0.15, 0.2) is 17.6 Å². The number of benzene rings is 2. The number of ether oxygens (including phenoxy) is 6. The van der Waals surface area contributed by atoms with Crippen molar-refractivity contribution in [3.05, 3.63) is 71.0 Å². The lowest BCUT2D eigenvalue weighted by Gasteiger charge is -2.59. The first kappa shape index (κ1) is 32.6. The number of hydrogen-bond donors (Lipinski definition) is 1. The zero-order valence-corrected chi connectivity index (χ0v) is 27.0.